The maximum atomic E-state index is 11.5. The number of likely N-dealkylation sites (N-methyl/N-ethyl adjacent to an activating group) is 1. The molecule has 0 radical (unpaired) electrons. The van der Waals surface area contributed by atoms with E-state index in [1.807, 2.05) is 0 Å². The Balaban J connectivity index is 2.19. The van der Waals surface area contributed by atoms with E-state index in [9.17, 15) is 9.59 Å². The molecule has 1 fully saturated rings. The van der Waals surface area contributed by atoms with Crippen molar-refractivity contribution in [3.05, 3.63) is 0 Å². The van der Waals surface area contributed by atoms with Crippen LogP contribution in [0.4, 0.5) is 0 Å². The molecule has 1 rings (SSSR count). The van der Waals surface area contributed by atoms with Crippen LogP contribution in [0.15, 0.2) is 0 Å². The second-order valence-corrected chi connectivity index (χ2v) is 3.71. The standard InChI is InChI=1S/C10H18N2O3/c1-3-15-10(14)8-11(2)7-9(13)12-5-4-6-12/h3-8H2,1-2H3. The van der Waals surface area contributed by atoms with Gasteiger partial charge in [-0.3, -0.25) is 14.5 Å². The molecule has 1 aliphatic rings. The third-order valence-electron chi connectivity index (χ3n) is 2.32. The highest BCUT2D eigenvalue weighted by Gasteiger charge is 2.21. The normalized spacial score (nSPS) is 15.0. The van der Waals surface area contributed by atoms with Crippen LogP contribution in [0.5, 0.6) is 0 Å². The summed E-state index contributed by atoms with van der Waals surface area (Å²) in [6.45, 7) is 4.32. The minimum Gasteiger partial charge on any atom is -0.465 e. The summed E-state index contributed by atoms with van der Waals surface area (Å²) in [6, 6.07) is 0. The molecule has 1 amide bonds. The molecule has 0 atom stereocenters. The Morgan fingerprint density at radius 3 is 2.47 bits per heavy atom. The van der Waals surface area contributed by atoms with Crippen molar-refractivity contribution in [3.63, 3.8) is 0 Å². The number of amides is 1. The molecule has 1 saturated heterocycles. The maximum Gasteiger partial charge on any atom is 0.320 e. The molecular formula is C10H18N2O3. The van der Waals surface area contributed by atoms with Crippen molar-refractivity contribution in [1.82, 2.24) is 9.80 Å². The van der Waals surface area contributed by atoms with E-state index >= 15 is 0 Å². The molecule has 0 spiro atoms. The zero-order chi connectivity index (χ0) is 11.3. The molecule has 0 aliphatic carbocycles. The van der Waals surface area contributed by atoms with Gasteiger partial charge in [0.1, 0.15) is 0 Å². The second kappa shape index (κ2) is 5.70. The predicted molar refractivity (Wildman–Crippen MR) is 55.3 cm³/mol. The summed E-state index contributed by atoms with van der Waals surface area (Å²) in [5.74, 6) is -0.190. The van der Waals surface area contributed by atoms with Crippen molar-refractivity contribution in [3.8, 4) is 0 Å². The van der Waals surface area contributed by atoms with Gasteiger partial charge in [0, 0.05) is 13.1 Å². The number of likely N-dealkylation sites (tertiary alicyclic amines) is 1. The Bertz CT molecular complexity index is 239. The van der Waals surface area contributed by atoms with E-state index in [0.717, 1.165) is 19.5 Å². The van der Waals surface area contributed by atoms with Gasteiger partial charge in [-0.25, -0.2) is 0 Å². The Morgan fingerprint density at radius 2 is 2.00 bits per heavy atom. The first-order valence-electron chi connectivity index (χ1n) is 5.25. The fraction of sp³-hybridized carbons (Fsp3) is 0.800. The molecule has 0 aromatic carbocycles. The number of esters is 1. The van der Waals surface area contributed by atoms with Crippen molar-refractivity contribution in [1.29, 1.82) is 0 Å². The van der Waals surface area contributed by atoms with Crippen molar-refractivity contribution < 1.29 is 14.3 Å². The average molecular weight is 214 g/mol. The predicted octanol–water partition coefficient (Wildman–Crippen LogP) is -0.286. The Kier molecular flexibility index (Phi) is 4.55. The van der Waals surface area contributed by atoms with Gasteiger partial charge in [0.15, 0.2) is 0 Å². The van der Waals surface area contributed by atoms with Crippen LogP contribution in [0.3, 0.4) is 0 Å². The van der Waals surface area contributed by atoms with Gasteiger partial charge in [-0.1, -0.05) is 0 Å². The molecule has 0 bridgehead atoms. The fourth-order valence-corrected chi connectivity index (χ4v) is 1.38. The Labute approximate surface area is 90.0 Å². The van der Waals surface area contributed by atoms with E-state index in [2.05, 4.69) is 0 Å². The van der Waals surface area contributed by atoms with Gasteiger partial charge < -0.3 is 9.64 Å². The fourth-order valence-electron chi connectivity index (χ4n) is 1.38. The summed E-state index contributed by atoms with van der Waals surface area (Å²) in [4.78, 5) is 26.1. The van der Waals surface area contributed by atoms with Crippen molar-refractivity contribution in [2.45, 2.75) is 13.3 Å². The summed E-state index contributed by atoms with van der Waals surface area (Å²) >= 11 is 0. The van der Waals surface area contributed by atoms with Crippen LogP contribution in [0.2, 0.25) is 0 Å². The van der Waals surface area contributed by atoms with E-state index in [-0.39, 0.29) is 18.4 Å². The molecule has 86 valence electrons. The summed E-state index contributed by atoms with van der Waals surface area (Å²) < 4.78 is 4.79. The lowest BCUT2D eigenvalue weighted by atomic mass is 10.2. The Morgan fingerprint density at radius 1 is 1.33 bits per heavy atom. The summed E-state index contributed by atoms with van der Waals surface area (Å²) in [6.07, 6.45) is 1.09. The summed E-state index contributed by atoms with van der Waals surface area (Å²) in [5.41, 5.74) is 0. The van der Waals surface area contributed by atoms with Crippen LogP contribution in [0, 0.1) is 0 Å². The third-order valence-corrected chi connectivity index (χ3v) is 2.32. The van der Waals surface area contributed by atoms with Crippen molar-refractivity contribution in [2.24, 2.45) is 0 Å². The lowest BCUT2D eigenvalue weighted by molar-refractivity contribution is -0.145. The lowest BCUT2D eigenvalue weighted by Gasteiger charge is -2.32. The molecule has 0 aromatic rings. The van der Waals surface area contributed by atoms with Gasteiger partial charge in [-0.2, -0.15) is 0 Å². The number of nitrogens with zero attached hydrogens (tertiary/aromatic N) is 2. The van der Waals surface area contributed by atoms with E-state index < -0.39 is 0 Å². The van der Waals surface area contributed by atoms with Crippen molar-refractivity contribution in [2.75, 3.05) is 39.8 Å². The second-order valence-electron chi connectivity index (χ2n) is 3.71. The molecule has 0 aromatic heterocycles. The monoisotopic (exact) mass is 214 g/mol. The SMILES string of the molecule is CCOC(=O)CN(C)CC(=O)N1CCC1. The quantitative estimate of drug-likeness (QED) is 0.590. The highest BCUT2D eigenvalue weighted by atomic mass is 16.5. The highest BCUT2D eigenvalue weighted by molar-refractivity contribution is 5.80. The van der Waals surface area contributed by atoms with Crippen LogP contribution in [-0.2, 0) is 14.3 Å². The minimum absolute atomic E-state index is 0.0908. The van der Waals surface area contributed by atoms with Crippen LogP contribution >= 0.6 is 0 Å². The van der Waals surface area contributed by atoms with Crippen molar-refractivity contribution >= 4 is 11.9 Å². The van der Waals surface area contributed by atoms with Gasteiger partial charge in [-0.15, -0.1) is 0 Å². The summed E-state index contributed by atoms with van der Waals surface area (Å²) in [5, 5.41) is 0. The lowest BCUT2D eigenvalue weighted by Crippen LogP contribution is -2.47. The zero-order valence-electron chi connectivity index (χ0n) is 9.36. The minimum atomic E-state index is -0.281. The van der Waals surface area contributed by atoms with Gasteiger partial charge in [-0.05, 0) is 20.4 Å². The van der Waals surface area contributed by atoms with Crippen LogP contribution in [0.1, 0.15) is 13.3 Å². The van der Waals surface area contributed by atoms with E-state index in [1.165, 1.54) is 0 Å². The first-order chi connectivity index (χ1) is 7.13. The highest BCUT2D eigenvalue weighted by Crippen LogP contribution is 2.05. The van der Waals surface area contributed by atoms with Crippen LogP contribution in [0.25, 0.3) is 0 Å². The molecule has 15 heavy (non-hydrogen) atoms. The summed E-state index contributed by atoms with van der Waals surface area (Å²) in [7, 11) is 1.74. The molecule has 1 heterocycles. The molecular weight excluding hydrogens is 196 g/mol. The van der Waals surface area contributed by atoms with Gasteiger partial charge in [0.25, 0.3) is 0 Å². The molecule has 5 heteroatoms. The first-order valence-corrected chi connectivity index (χ1v) is 5.25. The topological polar surface area (TPSA) is 49.9 Å². The number of hydrogen-bond donors (Lipinski definition) is 0. The zero-order valence-corrected chi connectivity index (χ0v) is 9.36. The van der Waals surface area contributed by atoms with Gasteiger partial charge in [0.2, 0.25) is 5.91 Å². The largest absolute Gasteiger partial charge is 0.465 e. The number of hydrogen-bond acceptors (Lipinski definition) is 4. The van der Waals surface area contributed by atoms with Gasteiger partial charge >= 0.3 is 5.97 Å². The smallest absolute Gasteiger partial charge is 0.320 e. The number of rotatable bonds is 5. The van der Waals surface area contributed by atoms with E-state index in [0.29, 0.717) is 13.2 Å². The molecule has 0 unspecified atom stereocenters. The molecule has 0 saturated carbocycles. The van der Waals surface area contributed by atoms with E-state index in [1.54, 1.807) is 23.8 Å². The number of carbonyl (C=O) groups is 2. The maximum absolute atomic E-state index is 11.5. The molecule has 0 N–H and O–H groups in total. The number of ether oxygens (including phenoxy) is 1. The first kappa shape index (κ1) is 12.0. The van der Waals surface area contributed by atoms with Crippen LogP contribution in [-0.4, -0.2) is 61.5 Å². The molecule has 1 aliphatic heterocycles. The number of carbonyl (C=O) groups excluding carboxylic acids is 2. The molecule has 5 nitrogen and oxygen atoms in total. The van der Waals surface area contributed by atoms with Gasteiger partial charge in [0.05, 0.1) is 19.7 Å². The average Bonchev–Trinajstić information content (AvgIpc) is 1.99. The van der Waals surface area contributed by atoms with Crippen LogP contribution < -0.4 is 0 Å². The Hall–Kier alpha value is -1.10. The van der Waals surface area contributed by atoms with E-state index in [4.69, 9.17) is 4.74 Å². The third kappa shape index (κ3) is 3.87.